The molecule has 0 radical (unpaired) electrons. The van der Waals surface area contributed by atoms with Gasteiger partial charge in [0.25, 0.3) is 0 Å². The fourth-order valence-electron chi connectivity index (χ4n) is 8.83. The fraction of sp³-hybridized carbons (Fsp3) is 0.786. The minimum atomic E-state index is -0.945. The van der Waals surface area contributed by atoms with Gasteiger partial charge in [0.05, 0.1) is 11.5 Å². The number of carbonyl (C=O) groups is 4. The van der Waals surface area contributed by atoms with Crippen LogP contribution in [0.2, 0.25) is 0 Å². The van der Waals surface area contributed by atoms with Crippen LogP contribution in [0.5, 0.6) is 0 Å². The number of esters is 4. The lowest BCUT2D eigenvalue weighted by molar-refractivity contribution is -0.294. The van der Waals surface area contributed by atoms with Crippen molar-refractivity contribution in [3.8, 4) is 0 Å². The highest BCUT2D eigenvalue weighted by atomic mass is 16.6. The number of carbonyl (C=O) groups excluding carboxylic acids is 4. The molecule has 2 bridgehead atoms. The molecule has 10 atom stereocenters. The average molecular weight is 521 g/mol. The second-order valence-corrected chi connectivity index (χ2v) is 12.4. The zero-order chi connectivity index (χ0) is 27.7. The van der Waals surface area contributed by atoms with Crippen molar-refractivity contribution in [2.75, 3.05) is 0 Å². The van der Waals surface area contributed by atoms with Crippen molar-refractivity contribution < 1.29 is 43.2 Å². The first-order valence-electron chi connectivity index (χ1n) is 13.1. The van der Waals surface area contributed by atoms with Crippen LogP contribution in [0.15, 0.2) is 12.2 Å². The summed E-state index contributed by atoms with van der Waals surface area (Å²) in [6.07, 6.45) is -2.00. The molecule has 0 heterocycles. The number of rotatable bonds is 4. The Kier molecular flexibility index (Phi) is 6.79. The molecule has 4 rings (SSSR count). The van der Waals surface area contributed by atoms with Gasteiger partial charge in [0.2, 0.25) is 0 Å². The number of hydrogen-bond donors (Lipinski definition) is 1. The maximum atomic E-state index is 12.4. The van der Waals surface area contributed by atoms with Gasteiger partial charge >= 0.3 is 23.9 Å². The van der Waals surface area contributed by atoms with Gasteiger partial charge in [0, 0.05) is 45.4 Å². The van der Waals surface area contributed by atoms with E-state index in [9.17, 15) is 24.3 Å². The van der Waals surface area contributed by atoms with Crippen LogP contribution in [0.1, 0.15) is 74.1 Å². The van der Waals surface area contributed by atoms with E-state index in [2.05, 4.69) is 6.58 Å². The molecule has 4 fully saturated rings. The molecular formula is C28H40O9. The fourth-order valence-corrected chi connectivity index (χ4v) is 8.83. The zero-order valence-electron chi connectivity index (χ0n) is 22.9. The van der Waals surface area contributed by atoms with Crippen molar-refractivity contribution in [2.24, 2.45) is 34.0 Å². The van der Waals surface area contributed by atoms with Gasteiger partial charge in [-0.1, -0.05) is 27.4 Å². The van der Waals surface area contributed by atoms with Gasteiger partial charge in [0.1, 0.15) is 24.4 Å². The molecule has 1 spiro atoms. The van der Waals surface area contributed by atoms with E-state index < -0.39 is 76.6 Å². The van der Waals surface area contributed by atoms with Crippen molar-refractivity contribution in [2.45, 2.75) is 105 Å². The Morgan fingerprint density at radius 2 is 1.35 bits per heavy atom. The summed E-state index contributed by atoms with van der Waals surface area (Å²) in [5.41, 5.74) is -1.68. The van der Waals surface area contributed by atoms with E-state index >= 15 is 0 Å². The Balaban J connectivity index is 2.01. The third kappa shape index (κ3) is 4.08. The zero-order valence-corrected chi connectivity index (χ0v) is 22.9. The summed E-state index contributed by atoms with van der Waals surface area (Å²) >= 11 is 0. The third-order valence-electron chi connectivity index (χ3n) is 9.99. The van der Waals surface area contributed by atoms with Crippen LogP contribution < -0.4 is 0 Å². The number of hydrogen-bond acceptors (Lipinski definition) is 9. The van der Waals surface area contributed by atoms with E-state index in [1.165, 1.54) is 27.7 Å². The lowest BCUT2D eigenvalue weighted by Gasteiger charge is -2.68. The van der Waals surface area contributed by atoms with Gasteiger partial charge in [-0.05, 0) is 42.1 Å². The molecule has 1 N–H and O–H groups in total. The van der Waals surface area contributed by atoms with Crippen molar-refractivity contribution in [1.82, 2.24) is 0 Å². The Hall–Kier alpha value is -2.42. The van der Waals surface area contributed by atoms with Gasteiger partial charge in [-0.3, -0.25) is 19.2 Å². The van der Waals surface area contributed by atoms with Crippen LogP contribution >= 0.6 is 0 Å². The van der Waals surface area contributed by atoms with E-state index in [1.807, 2.05) is 20.8 Å². The van der Waals surface area contributed by atoms with Crippen molar-refractivity contribution in [1.29, 1.82) is 0 Å². The first-order valence-corrected chi connectivity index (χ1v) is 13.1. The van der Waals surface area contributed by atoms with Gasteiger partial charge in [0.15, 0.2) is 0 Å². The van der Waals surface area contributed by atoms with Crippen LogP contribution in [-0.2, 0) is 38.1 Å². The van der Waals surface area contributed by atoms with Gasteiger partial charge in [-0.15, -0.1) is 0 Å². The highest BCUT2D eigenvalue weighted by Gasteiger charge is 2.77. The average Bonchev–Trinajstić information content (AvgIpc) is 2.94. The Morgan fingerprint density at radius 3 is 1.89 bits per heavy atom. The molecule has 4 saturated carbocycles. The predicted molar refractivity (Wildman–Crippen MR) is 131 cm³/mol. The molecule has 4 aliphatic rings. The Bertz CT molecular complexity index is 1020. The second-order valence-electron chi connectivity index (χ2n) is 12.4. The predicted octanol–water partition coefficient (Wildman–Crippen LogP) is 3.11. The summed E-state index contributed by atoms with van der Waals surface area (Å²) in [5.74, 6) is -2.79. The van der Waals surface area contributed by atoms with Crippen molar-refractivity contribution in [3.63, 3.8) is 0 Å². The van der Waals surface area contributed by atoms with E-state index in [4.69, 9.17) is 18.9 Å². The summed E-state index contributed by atoms with van der Waals surface area (Å²) in [4.78, 5) is 49.5. The number of aliphatic hydroxyl groups excluding tert-OH is 1. The molecule has 37 heavy (non-hydrogen) atoms. The molecule has 206 valence electrons. The highest BCUT2D eigenvalue weighted by Crippen LogP contribution is 2.73. The van der Waals surface area contributed by atoms with Crippen molar-refractivity contribution >= 4 is 23.9 Å². The first kappa shape index (κ1) is 27.6. The normalized spacial score (nSPS) is 43.6. The topological polar surface area (TPSA) is 125 Å². The third-order valence-corrected chi connectivity index (χ3v) is 9.99. The maximum absolute atomic E-state index is 12.4. The Morgan fingerprint density at radius 1 is 0.811 bits per heavy atom. The van der Waals surface area contributed by atoms with Crippen LogP contribution in [0.25, 0.3) is 0 Å². The van der Waals surface area contributed by atoms with E-state index in [0.717, 1.165) is 0 Å². The molecule has 4 aliphatic carbocycles. The molecule has 0 aliphatic heterocycles. The molecule has 9 nitrogen and oxygen atoms in total. The standard InChI is InChI=1S/C28H40O9/c1-13-18-9-19(34-14(2)29)24-27(8)20(26(6,7)21(33)11-22(27)35-15(3)30)10-23(36-16(4)31)28(24,12-18)25(13)37-17(5)32/h18-25,33H,1,9-12H2,2-8H3/t18-,19-,20+,21-,22-,23-,24-,25+,27-,28-/m0/s1. The lowest BCUT2D eigenvalue weighted by atomic mass is 9.38. The smallest absolute Gasteiger partial charge is 0.303 e. The summed E-state index contributed by atoms with van der Waals surface area (Å²) in [6, 6.07) is 0. The monoisotopic (exact) mass is 520 g/mol. The molecule has 0 aromatic carbocycles. The summed E-state index contributed by atoms with van der Waals surface area (Å²) in [7, 11) is 0. The molecule has 0 aromatic rings. The van der Waals surface area contributed by atoms with Gasteiger partial charge in [-0.25, -0.2) is 0 Å². The molecule has 0 aromatic heterocycles. The van der Waals surface area contributed by atoms with Gasteiger partial charge in [-0.2, -0.15) is 0 Å². The molecular weight excluding hydrogens is 480 g/mol. The Labute approximate surface area is 218 Å². The quantitative estimate of drug-likeness (QED) is 0.338. The second kappa shape index (κ2) is 9.10. The summed E-state index contributed by atoms with van der Waals surface area (Å²) in [6.45, 7) is 15.6. The summed E-state index contributed by atoms with van der Waals surface area (Å²) in [5, 5.41) is 11.2. The van der Waals surface area contributed by atoms with Crippen LogP contribution in [0, 0.1) is 34.0 Å². The molecule has 0 amide bonds. The van der Waals surface area contributed by atoms with E-state index in [0.29, 0.717) is 24.8 Å². The SMILES string of the molecule is C=C1[C@H]2C[C@H](OC(C)=O)[C@H]3[C@]4(C)[C@@H](OC(C)=O)C[C@H](O)C(C)(C)[C@H]4C[C@H](OC(C)=O)[C@]3(C2)[C@@H]1OC(C)=O. The number of aliphatic hydroxyl groups is 1. The van der Waals surface area contributed by atoms with Gasteiger partial charge < -0.3 is 24.1 Å². The first-order chi connectivity index (χ1) is 17.1. The molecule has 0 unspecified atom stereocenters. The molecule has 9 heteroatoms. The maximum Gasteiger partial charge on any atom is 0.303 e. The van der Waals surface area contributed by atoms with E-state index in [-0.39, 0.29) is 18.3 Å². The minimum absolute atomic E-state index is 0.113. The van der Waals surface area contributed by atoms with Crippen LogP contribution in [-0.4, -0.2) is 59.5 Å². The highest BCUT2D eigenvalue weighted by molar-refractivity contribution is 5.68. The van der Waals surface area contributed by atoms with Crippen LogP contribution in [0.4, 0.5) is 0 Å². The van der Waals surface area contributed by atoms with Crippen molar-refractivity contribution in [3.05, 3.63) is 12.2 Å². The summed E-state index contributed by atoms with van der Waals surface area (Å²) < 4.78 is 23.9. The lowest BCUT2D eigenvalue weighted by Crippen LogP contribution is -2.73. The number of fused-ring (bicyclic) bond motifs is 3. The largest absolute Gasteiger partial charge is 0.462 e. The molecule has 0 saturated heterocycles. The van der Waals surface area contributed by atoms with E-state index in [1.54, 1.807) is 0 Å². The number of ether oxygens (including phenoxy) is 4. The van der Waals surface area contributed by atoms with Crippen LogP contribution in [0.3, 0.4) is 0 Å². The minimum Gasteiger partial charge on any atom is -0.462 e.